The number of piperidine rings is 1. The molecule has 0 spiro atoms. The number of carbonyl (C=O) groups is 1. The average Bonchev–Trinajstić information content (AvgIpc) is 3.35. The molecule has 3 aromatic heterocycles. The minimum Gasteiger partial charge on any atom is -0.355 e. The van der Waals surface area contributed by atoms with Gasteiger partial charge < -0.3 is 9.42 Å². The summed E-state index contributed by atoms with van der Waals surface area (Å²) >= 11 is 2.74. The lowest BCUT2D eigenvalue weighted by Crippen LogP contribution is -2.39. The van der Waals surface area contributed by atoms with Crippen LogP contribution < -0.4 is 0 Å². The number of hydrogen-bond acceptors (Lipinski definition) is 8. The molecule has 1 amide bonds. The molecule has 0 N–H and O–H groups in total. The van der Waals surface area contributed by atoms with Crippen LogP contribution in [-0.4, -0.2) is 43.6 Å². The van der Waals surface area contributed by atoms with Crippen molar-refractivity contribution < 1.29 is 9.32 Å². The zero-order valence-electron chi connectivity index (χ0n) is 13.0. The van der Waals surface area contributed by atoms with Gasteiger partial charge >= 0.3 is 0 Å². The maximum Gasteiger partial charge on any atom is 0.273 e. The van der Waals surface area contributed by atoms with Crippen LogP contribution in [0.1, 0.15) is 40.6 Å². The summed E-state index contributed by atoms with van der Waals surface area (Å²) in [7, 11) is 0. The van der Waals surface area contributed by atoms with Crippen LogP contribution in [0.15, 0.2) is 21.5 Å². The second-order valence-electron chi connectivity index (χ2n) is 5.78. The van der Waals surface area contributed by atoms with E-state index in [0.717, 1.165) is 35.7 Å². The number of hydrogen-bond donors (Lipinski definition) is 0. The molecule has 0 radical (unpaired) electrons. The van der Waals surface area contributed by atoms with Crippen LogP contribution in [0, 0.1) is 6.92 Å². The summed E-state index contributed by atoms with van der Waals surface area (Å²) in [6.45, 7) is 3.26. The summed E-state index contributed by atoms with van der Waals surface area (Å²) in [5.74, 6) is 0.835. The Balaban J connectivity index is 1.57. The Kier molecular flexibility index (Phi) is 4.11. The SMILES string of the molecule is Cc1cc(-c2snnc2[C@@H]2CCCN(C(=O)c3cscn3)C2)on1. The van der Waals surface area contributed by atoms with Crippen LogP contribution in [0.4, 0.5) is 0 Å². The smallest absolute Gasteiger partial charge is 0.273 e. The molecule has 1 atom stereocenters. The molecule has 1 aliphatic heterocycles. The molecule has 4 rings (SSSR count). The van der Waals surface area contributed by atoms with Crippen LogP contribution in [0.3, 0.4) is 0 Å². The minimum absolute atomic E-state index is 0.0128. The van der Waals surface area contributed by atoms with E-state index in [2.05, 4.69) is 19.7 Å². The van der Waals surface area contributed by atoms with E-state index in [0.29, 0.717) is 18.0 Å². The fraction of sp³-hybridized carbons (Fsp3) is 0.400. The van der Waals surface area contributed by atoms with Gasteiger partial charge in [0.15, 0.2) is 5.76 Å². The van der Waals surface area contributed by atoms with Gasteiger partial charge in [-0.15, -0.1) is 16.4 Å². The first-order chi connectivity index (χ1) is 11.7. The summed E-state index contributed by atoms with van der Waals surface area (Å²) in [4.78, 5) is 19.4. The largest absolute Gasteiger partial charge is 0.355 e. The Morgan fingerprint density at radius 1 is 1.46 bits per heavy atom. The maximum absolute atomic E-state index is 12.5. The van der Waals surface area contributed by atoms with Crippen molar-refractivity contribution in [2.45, 2.75) is 25.7 Å². The number of nitrogens with zero attached hydrogens (tertiary/aromatic N) is 5. The van der Waals surface area contributed by atoms with Gasteiger partial charge in [0.25, 0.3) is 5.91 Å². The Morgan fingerprint density at radius 3 is 3.12 bits per heavy atom. The fourth-order valence-corrected chi connectivity index (χ4v) is 4.19. The lowest BCUT2D eigenvalue weighted by molar-refractivity contribution is 0.0701. The number of likely N-dealkylation sites (tertiary alicyclic amines) is 1. The molecule has 124 valence electrons. The van der Waals surface area contributed by atoms with Gasteiger partial charge in [0.1, 0.15) is 10.6 Å². The van der Waals surface area contributed by atoms with E-state index < -0.39 is 0 Å². The molecular formula is C15H15N5O2S2. The highest BCUT2D eigenvalue weighted by molar-refractivity contribution is 7.09. The van der Waals surface area contributed by atoms with Crippen LogP contribution in [0.2, 0.25) is 0 Å². The lowest BCUT2D eigenvalue weighted by atomic mass is 9.93. The van der Waals surface area contributed by atoms with Gasteiger partial charge in [-0.05, 0) is 31.3 Å². The first-order valence-corrected chi connectivity index (χ1v) is 9.37. The Hall–Kier alpha value is -2.13. The van der Waals surface area contributed by atoms with Crippen molar-refractivity contribution >= 4 is 28.8 Å². The normalized spacial score (nSPS) is 18.0. The van der Waals surface area contributed by atoms with E-state index in [4.69, 9.17) is 4.52 Å². The average molecular weight is 361 g/mol. The third-order valence-corrected chi connectivity index (χ3v) is 5.45. The Bertz CT molecular complexity index is 842. The molecule has 24 heavy (non-hydrogen) atoms. The predicted octanol–water partition coefficient (Wildman–Crippen LogP) is 2.98. The van der Waals surface area contributed by atoms with E-state index in [1.54, 1.807) is 10.9 Å². The molecular weight excluding hydrogens is 346 g/mol. The summed E-state index contributed by atoms with van der Waals surface area (Å²) in [6, 6.07) is 1.89. The van der Waals surface area contributed by atoms with Gasteiger partial charge in [-0.3, -0.25) is 4.79 Å². The van der Waals surface area contributed by atoms with E-state index in [1.807, 2.05) is 17.9 Å². The molecule has 0 unspecified atom stereocenters. The minimum atomic E-state index is -0.0128. The van der Waals surface area contributed by atoms with Crippen molar-refractivity contribution in [3.8, 4) is 10.6 Å². The van der Waals surface area contributed by atoms with Crippen molar-refractivity contribution in [3.05, 3.63) is 34.0 Å². The van der Waals surface area contributed by atoms with Crippen LogP contribution in [-0.2, 0) is 0 Å². The Labute approximate surface area is 146 Å². The second kappa shape index (κ2) is 6.40. The zero-order valence-corrected chi connectivity index (χ0v) is 14.6. The predicted molar refractivity (Wildman–Crippen MR) is 90.1 cm³/mol. The Morgan fingerprint density at radius 2 is 2.38 bits per heavy atom. The van der Waals surface area contributed by atoms with Gasteiger partial charge in [-0.1, -0.05) is 9.64 Å². The highest BCUT2D eigenvalue weighted by atomic mass is 32.1. The van der Waals surface area contributed by atoms with Crippen molar-refractivity contribution in [2.75, 3.05) is 13.1 Å². The van der Waals surface area contributed by atoms with Crippen molar-refractivity contribution in [2.24, 2.45) is 0 Å². The quantitative estimate of drug-likeness (QED) is 0.713. The number of aromatic nitrogens is 4. The van der Waals surface area contributed by atoms with E-state index in [9.17, 15) is 4.79 Å². The molecule has 7 nitrogen and oxygen atoms in total. The summed E-state index contributed by atoms with van der Waals surface area (Å²) in [5, 5.41) is 10.0. The standard InChI is InChI=1S/C15H15N5O2S2/c1-9-5-12(22-18-9)14-13(17-19-24-14)10-3-2-4-20(6-10)15(21)11-7-23-8-16-11/h5,7-8,10H,2-4,6H2,1H3/t10-/m1/s1. The van der Waals surface area contributed by atoms with Crippen molar-refractivity contribution in [1.29, 1.82) is 0 Å². The van der Waals surface area contributed by atoms with Gasteiger partial charge in [0, 0.05) is 30.5 Å². The zero-order chi connectivity index (χ0) is 16.5. The maximum atomic E-state index is 12.5. The molecule has 1 saturated heterocycles. The molecule has 4 heterocycles. The first-order valence-electron chi connectivity index (χ1n) is 7.66. The number of aryl methyl sites for hydroxylation is 1. The van der Waals surface area contributed by atoms with E-state index in [-0.39, 0.29) is 11.8 Å². The van der Waals surface area contributed by atoms with Crippen LogP contribution in [0.25, 0.3) is 10.6 Å². The lowest BCUT2D eigenvalue weighted by Gasteiger charge is -2.31. The van der Waals surface area contributed by atoms with E-state index >= 15 is 0 Å². The van der Waals surface area contributed by atoms with Crippen LogP contribution >= 0.6 is 22.9 Å². The number of carbonyl (C=O) groups excluding carboxylic acids is 1. The topological polar surface area (TPSA) is 85.0 Å². The number of thiazole rings is 1. The summed E-state index contributed by atoms with van der Waals surface area (Å²) < 4.78 is 9.46. The first kappa shape index (κ1) is 15.4. The van der Waals surface area contributed by atoms with Crippen LogP contribution in [0.5, 0.6) is 0 Å². The monoisotopic (exact) mass is 361 g/mol. The third-order valence-electron chi connectivity index (χ3n) is 4.11. The highest BCUT2D eigenvalue weighted by Crippen LogP contribution is 2.35. The summed E-state index contributed by atoms with van der Waals surface area (Å²) in [6.07, 6.45) is 1.92. The third kappa shape index (κ3) is 2.84. The molecule has 0 bridgehead atoms. The molecule has 9 heteroatoms. The molecule has 1 fully saturated rings. The van der Waals surface area contributed by atoms with Gasteiger partial charge in [-0.2, -0.15) is 0 Å². The molecule has 0 aromatic carbocycles. The molecule has 0 aliphatic carbocycles. The second-order valence-corrected chi connectivity index (χ2v) is 7.26. The summed E-state index contributed by atoms with van der Waals surface area (Å²) in [5.41, 5.74) is 3.92. The molecule has 3 aromatic rings. The number of rotatable bonds is 3. The molecule has 0 saturated carbocycles. The van der Waals surface area contributed by atoms with Gasteiger partial charge in [0.05, 0.1) is 16.9 Å². The highest BCUT2D eigenvalue weighted by Gasteiger charge is 2.30. The fourth-order valence-electron chi connectivity index (χ4n) is 2.97. The van der Waals surface area contributed by atoms with E-state index in [1.165, 1.54) is 22.9 Å². The van der Waals surface area contributed by atoms with Gasteiger partial charge in [0.2, 0.25) is 0 Å². The van der Waals surface area contributed by atoms with Crippen molar-refractivity contribution in [3.63, 3.8) is 0 Å². The van der Waals surface area contributed by atoms with Crippen molar-refractivity contribution in [1.82, 2.24) is 24.6 Å². The van der Waals surface area contributed by atoms with Gasteiger partial charge in [-0.25, -0.2) is 4.98 Å². The number of amides is 1. The molecule has 1 aliphatic rings.